The molecule has 2 N–H and O–H groups in total. The first-order chi connectivity index (χ1) is 13.2. The van der Waals surface area contributed by atoms with E-state index in [2.05, 4.69) is 32.6 Å². The van der Waals surface area contributed by atoms with Crippen LogP contribution in [0.25, 0.3) is 0 Å². The lowest BCUT2D eigenvalue weighted by atomic mass is 10.1. The molecule has 8 heteroatoms. The van der Waals surface area contributed by atoms with Gasteiger partial charge in [0.2, 0.25) is 0 Å². The van der Waals surface area contributed by atoms with Gasteiger partial charge in [-0.15, -0.1) is 0 Å². The molecule has 0 aliphatic carbocycles. The molecule has 0 aromatic heterocycles. The summed E-state index contributed by atoms with van der Waals surface area (Å²) in [5.74, 6) is 0. The Morgan fingerprint density at radius 2 is 2.00 bits per heavy atom. The molecule has 0 bridgehead atoms. The second-order valence-corrected chi connectivity index (χ2v) is 6.84. The minimum absolute atomic E-state index is 0.0585. The van der Waals surface area contributed by atoms with Crippen molar-refractivity contribution in [3.8, 4) is 0 Å². The third kappa shape index (κ3) is 5.50. The number of alkyl carbamates (subject to hydrolysis) is 2. The molecule has 8 nitrogen and oxygen atoms in total. The van der Waals surface area contributed by atoms with Gasteiger partial charge in [-0.05, 0) is 18.6 Å². The molecule has 2 amide bonds. The topological polar surface area (TPSA) is 83.1 Å². The van der Waals surface area contributed by atoms with Crippen molar-refractivity contribution in [1.82, 2.24) is 15.5 Å². The molecule has 2 atom stereocenters. The summed E-state index contributed by atoms with van der Waals surface area (Å²) in [4.78, 5) is 27.9. The summed E-state index contributed by atoms with van der Waals surface area (Å²) in [5.41, 5.74) is 1.24. The smallest absolute Gasteiger partial charge is 0.408 e. The van der Waals surface area contributed by atoms with Crippen LogP contribution in [0.5, 0.6) is 0 Å². The van der Waals surface area contributed by atoms with E-state index < -0.39 is 18.3 Å². The maximum atomic E-state index is 11.6. The van der Waals surface area contributed by atoms with Crippen molar-refractivity contribution in [2.75, 3.05) is 50.8 Å². The van der Waals surface area contributed by atoms with E-state index in [1.807, 2.05) is 25.1 Å². The summed E-state index contributed by atoms with van der Waals surface area (Å²) < 4.78 is 10.4. The maximum Gasteiger partial charge on any atom is 0.408 e. The average molecular weight is 376 g/mol. The Labute approximate surface area is 159 Å². The van der Waals surface area contributed by atoms with Crippen molar-refractivity contribution in [3.05, 3.63) is 30.3 Å². The van der Waals surface area contributed by atoms with Crippen molar-refractivity contribution >= 4 is 17.9 Å². The quantitative estimate of drug-likeness (QED) is 0.749. The van der Waals surface area contributed by atoms with Crippen LogP contribution >= 0.6 is 0 Å². The zero-order valence-electron chi connectivity index (χ0n) is 15.7. The molecule has 2 aliphatic heterocycles. The molecular weight excluding hydrogens is 348 g/mol. The van der Waals surface area contributed by atoms with E-state index in [4.69, 9.17) is 9.47 Å². The van der Waals surface area contributed by atoms with Gasteiger partial charge in [0, 0.05) is 45.0 Å². The number of piperazine rings is 1. The van der Waals surface area contributed by atoms with Gasteiger partial charge in [-0.25, -0.2) is 9.59 Å². The van der Waals surface area contributed by atoms with Gasteiger partial charge in [0.05, 0.1) is 6.04 Å². The summed E-state index contributed by atoms with van der Waals surface area (Å²) in [6, 6.07) is 10.2. The van der Waals surface area contributed by atoms with Crippen LogP contribution in [0, 0.1) is 0 Å². The monoisotopic (exact) mass is 376 g/mol. The van der Waals surface area contributed by atoms with E-state index in [9.17, 15) is 9.59 Å². The summed E-state index contributed by atoms with van der Waals surface area (Å²) in [6.45, 7) is 6.96. The summed E-state index contributed by atoms with van der Waals surface area (Å²) >= 11 is 0. The fraction of sp³-hybridized carbons (Fsp3) is 0.579. The van der Waals surface area contributed by atoms with Gasteiger partial charge >= 0.3 is 12.2 Å². The molecule has 1 aromatic carbocycles. The van der Waals surface area contributed by atoms with E-state index in [1.165, 1.54) is 5.69 Å². The fourth-order valence-electron chi connectivity index (χ4n) is 3.35. The van der Waals surface area contributed by atoms with Crippen LogP contribution in [0.15, 0.2) is 30.3 Å². The van der Waals surface area contributed by atoms with Crippen LogP contribution in [-0.4, -0.2) is 75.1 Å². The van der Waals surface area contributed by atoms with E-state index in [0.29, 0.717) is 13.1 Å². The standard InChI is InChI=1S/C19H28N4O4/c1-2-8-20-18(24)26-14-17-16(21-19(25)27-17)13-22-9-11-23(12-10-22)15-6-4-3-5-7-15/h3-7,16-17H,2,8-14H2,1H3,(H,20,24)(H,21,25)/t16-,17-/m1/s1. The highest BCUT2D eigenvalue weighted by Crippen LogP contribution is 2.17. The van der Waals surface area contributed by atoms with Crippen molar-refractivity contribution in [3.63, 3.8) is 0 Å². The lowest BCUT2D eigenvalue weighted by Gasteiger charge is -2.37. The Balaban J connectivity index is 1.45. The number of hydrogen-bond donors (Lipinski definition) is 2. The van der Waals surface area contributed by atoms with Crippen LogP contribution < -0.4 is 15.5 Å². The molecule has 2 saturated heterocycles. The Bertz CT molecular complexity index is 619. The number of rotatable bonds is 7. The number of cyclic esters (lactones) is 1. The summed E-state index contributed by atoms with van der Waals surface area (Å²) in [5, 5.41) is 5.48. The largest absolute Gasteiger partial charge is 0.446 e. The highest BCUT2D eigenvalue weighted by atomic mass is 16.6. The van der Waals surface area contributed by atoms with E-state index in [1.54, 1.807) is 0 Å². The second-order valence-electron chi connectivity index (χ2n) is 6.84. The SMILES string of the molecule is CCCNC(=O)OC[C@H]1OC(=O)N[C@@H]1CN1CCN(c2ccccc2)CC1. The third-order valence-corrected chi connectivity index (χ3v) is 4.86. The second kappa shape index (κ2) is 9.45. The molecule has 3 rings (SSSR count). The van der Waals surface area contributed by atoms with Crippen LogP contribution in [-0.2, 0) is 9.47 Å². The fourth-order valence-corrected chi connectivity index (χ4v) is 3.35. The number of amides is 2. The summed E-state index contributed by atoms with van der Waals surface area (Å²) in [6.07, 6.45) is -0.551. The Hall–Kier alpha value is -2.48. The van der Waals surface area contributed by atoms with Crippen LogP contribution in [0.2, 0.25) is 0 Å². The highest BCUT2D eigenvalue weighted by Gasteiger charge is 2.36. The number of benzene rings is 1. The number of nitrogens with zero attached hydrogens (tertiary/aromatic N) is 2. The van der Waals surface area contributed by atoms with Gasteiger partial charge in [0.15, 0.2) is 6.10 Å². The predicted molar refractivity (Wildman–Crippen MR) is 102 cm³/mol. The minimum Gasteiger partial charge on any atom is -0.446 e. The molecule has 2 fully saturated rings. The minimum atomic E-state index is -0.477. The number of carbonyl (C=O) groups is 2. The van der Waals surface area contributed by atoms with Crippen molar-refractivity contribution in [2.45, 2.75) is 25.5 Å². The van der Waals surface area contributed by atoms with Gasteiger partial charge in [0.25, 0.3) is 0 Å². The molecule has 0 unspecified atom stereocenters. The number of para-hydroxylation sites is 1. The maximum absolute atomic E-state index is 11.6. The van der Waals surface area contributed by atoms with Crippen molar-refractivity contribution in [1.29, 1.82) is 0 Å². The molecule has 27 heavy (non-hydrogen) atoms. The molecule has 0 radical (unpaired) electrons. The van der Waals surface area contributed by atoms with Crippen LogP contribution in [0.3, 0.4) is 0 Å². The van der Waals surface area contributed by atoms with Gasteiger partial charge in [-0.1, -0.05) is 25.1 Å². The number of anilines is 1. The molecule has 1 aromatic rings. The molecule has 2 heterocycles. The van der Waals surface area contributed by atoms with E-state index >= 15 is 0 Å². The van der Waals surface area contributed by atoms with Crippen LogP contribution in [0.1, 0.15) is 13.3 Å². The lowest BCUT2D eigenvalue weighted by Crippen LogP contribution is -2.52. The van der Waals surface area contributed by atoms with Crippen LogP contribution in [0.4, 0.5) is 15.3 Å². The first-order valence-electron chi connectivity index (χ1n) is 9.56. The number of ether oxygens (including phenoxy) is 2. The van der Waals surface area contributed by atoms with E-state index in [-0.39, 0.29) is 12.6 Å². The van der Waals surface area contributed by atoms with Crippen molar-refractivity contribution in [2.24, 2.45) is 0 Å². The Kier molecular flexibility index (Phi) is 6.75. The first-order valence-corrected chi connectivity index (χ1v) is 9.56. The zero-order chi connectivity index (χ0) is 19.1. The molecule has 0 spiro atoms. The third-order valence-electron chi connectivity index (χ3n) is 4.86. The molecule has 0 saturated carbocycles. The van der Waals surface area contributed by atoms with Gasteiger partial charge in [-0.2, -0.15) is 0 Å². The van der Waals surface area contributed by atoms with Crippen molar-refractivity contribution < 1.29 is 19.1 Å². The van der Waals surface area contributed by atoms with Gasteiger partial charge in [-0.3, -0.25) is 4.90 Å². The molecular formula is C19H28N4O4. The Morgan fingerprint density at radius 3 is 2.70 bits per heavy atom. The molecule has 2 aliphatic rings. The van der Waals surface area contributed by atoms with Gasteiger partial charge in [0.1, 0.15) is 6.61 Å². The summed E-state index contributed by atoms with van der Waals surface area (Å²) in [7, 11) is 0. The first kappa shape index (κ1) is 19.3. The zero-order valence-corrected chi connectivity index (χ0v) is 15.7. The normalized spacial score (nSPS) is 22.9. The highest BCUT2D eigenvalue weighted by molar-refractivity contribution is 5.70. The van der Waals surface area contributed by atoms with Gasteiger partial charge < -0.3 is 25.0 Å². The predicted octanol–water partition coefficient (Wildman–Crippen LogP) is 1.42. The Morgan fingerprint density at radius 1 is 1.26 bits per heavy atom. The average Bonchev–Trinajstić information content (AvgIpc) is 3.05. The molecule has 148 valence electrons. The number of carbonyl (C=O) groups excluding carboxylic acids is 2. The number of hydrogen-bond acceptors (Lipinski definition) is 6. The van der Waals surface area contributed by atoms with E-state index in [0.717, 1.165) is 32.6 Å². The number of nitrogens with one attached hydrogen (secondary N) is 2. The lowest BCUT2D eigenvalue weighted by molar-refractivity contribution is 0.0568.